The number of hydrogen-bond donors (Lipinski definition) is 1. The summed E-state index contributed by atoms with van der Waals surface area (Å²) in [6.07, 6.45) is 3.58. The molecule has 15 heavy (non-hydrogen) atoms. The van der Waals surface area contributed by atoms with E-state index in [4.69, 9.17) is 10.5 Å². The third kappa shape index (κ3) is 1.35. The van der Waals surface area contributed by atoms with Crippen LogP contribution in [0.5, 0.6) is 5.88 Å². The van der Waals surface area contributed by atoms with Crippen LogP contribution in [0.1, 0.15) is 30.5 Å². The van der Waals surface area contributed by atoms with E-state index < -0.39 is 0 Å². The topological polar surface area (TPSA) is 53.1 Å². The van der Waals surface area contributed by atoms with Crippen molar-refractivity contribution in [2.24, 2.45) is 12.8 Å². The van der Waals surface area contributed by atoms with Crippen molar-refractivity contribution in [3.63, 3.8) is 0 Å². The van der Waals surface area contributed by atoms with Crippen molar-refractivity contribution in [2.45, 2.75) is 31.6 Å². The van der Waals surface area contributed by atoms with Crippen molar-refractivity contribution in [1.82, 2.24) is 9.78 Å². The van der Waals surface area contributed by atoms with Gasteiger partial charge in [0, 0.05) is 24.6 Å². The van der Waals surface area contributed by atoms with Crippen molar-refractivity contribution < 1.29 is 4.74 Å². The number of hydrogen-bond acceptors (Lipinski definition) is 3. The monoisotopic (exact) mass is 209 g/mol. The molecule has 4 nitrogen and oxygen atoms in total. The summed E-state index contributed by atoms with van der Waals surface area (Å²) in [7, 11) is 3.61. The van der Waals surface area contributed by atoms with Gasteiger partial charge in [0.15, 0.2) is 0 Å². The Morgan fingerprint density at radius 3 is 2.60 bits per heavy atom. The zero-order chi connectivity index (χ0) is 11.1. The first-order chi connectivity index (χ1) is 7.14. The van der Waals surface area contributed by atoms with E-state index in [2.05, 4.69) is 5.10 Å². The fourth-order valence-electron chi connectivity index (χ4n) is 2.64. The van der Waals surface area contributed by atoms with Crippen molar-refractivity contribution in [2.75, 3.05) is 13.7 Å². The van der Waals surface area contributed by atoms with Gasteiger partial charge in [0.2, 0.25) is 5.88 Å². The molecule has 1 aromatic heterocycles. The number of nitrogens with two attached hydrogens (primary N) is 1. The maximum atomic E-state index is 5.91. The Labute approximate surface area is 90.4 Å². The lowest BCUT2D eigenvalue weighted by molar-refractivity contribution is 0.240. The van der Waals surface area contributed by atoms with E-state index in [9.17, 15) is 0 Å². The van der Waals surface area contributed by atoms with E-state index in [1.54, 1.807) is 11.8 Å². The van der Waals surface area contributed by atoms with Crippen LogP contribution in [0.3, 0.4) is 0 Å². The highest BCUT2D eigenvalue weighted by molar-refractivity contribution is 5.40. The van der Waals surface area contributed by atoms with Gasteiger partial charge in [-0.2, -0.15) is 5.10 Å². The Kier molecular flexibility index (Phi) is 2.46. The standard InChI is InChI=1S/C11H19N3O/c1-8-9(10(15-3)14(2)13-8)11(7-12)5-4-6-11/h4-7,12H2,1-3H3. The Morgan fingerprint density at radius 1 is 1.53 bits per heavy atom. The van der Waals surface area contributed by atoms with Gasteiger partial charge in [-0.1, -0.05) is 6.42 Å². The van der Waals surface area contributed by atoms with E-state index in [1.807, 2.05) is 14.0 Å². The van der Waals surface area contributed by atoms with Gasteiger partial charge in [0.25, 0.3) is 0 Å². The van der Waals surface area contributed by atoms with Crippen molar-refractivity contribution in [3.05, 3.63) is 11.3 Å². The first-order valence-electron chi connectivity index (χ1n) is 5.43. The molecule has 1 heterocycles. The fraction of sp³-hybridized carbons (Fsp3) is 0.727. The number of aromatic nitrogens is 2. The number of ether oxygens (including phenoxy) is 1. The Balaban J connectivity index is 2.50. The van der Waals surface area contributed by atoms with Gasteiger partial charge in [-0.15, -0.1) is 0 Å². The minimum atomic E-state index is 0.129. The molecule has 0 amide bonds. The summed E-state index contributed by atoms with van der Waals surface area (Å²) in [4.78, 5) is 0. The molecule has 1 aliphatic rings. The van der Waals surface area contributed by atoms with Crippen molar-refractivity contribution >= 4 is 0 Å². The number of rotatable bonds is 3. The van der Waals surface area contributed by atoms with Gasteiger partial charge in [0.1, 0.15) is 0 Å². The highest BCUT2D eigenvalue weighted by Gasteiger charge is 2.42. The third-order valence-electron chi connectivity index (χ3n) is 3.59. The molecular formula is C11H19N3O. The maximum absolute atomic E-state index is 5.91. The average molecular weight is 209 g/mol. The van der Waals surface area contributed by atoms with Crippen LogP contribution in [0, 0.1) is 6.92 Å². The van der Waals surface area contributed by atoms with Crippen molar-refractivity contribution in [3.8, 4) is 5.88 Å². The van der Waals surface area contributed by atoms with Gasteiger partial charge in [-0.05, 0) is 19.8 Å². The first kappa shape index (κ1) is 10.5. The molecule has 1 fully saturated rings. The molecule has 0 bridgehead atoms. The SMILES string of the molecule is COc1c(C2(CN)CCC2)c(C)nn1C. The smallest absolute Gasteiger partial charge is 0.215 e. The molecule has 84 valence electrons. The van der Waals surface area contributed by atoms with Crippen LogP contribution >= 0.6 is 0 Å². The Bertz CT molecular complexity index is 361. The van der Waals surface area contributed by atoms with Gasteiger partial charge in [-0.25, -0.2) is 4.68 Å². The molecule has 2 rings (SSSR count). The Morgan fingerprint density at radius 2 is 2.20 bits per heavy atom. The second-order valence-electron chi connectivity index (χ2n) is 4.43. The molecule has 4 heteroatoms. The molecule has 2 N–H and O–H groups in total. The normalized spacial score (nSPS) is 18.7. The summed E-state index contributed by atoms with van der Waals surface area (Å²) >= 11 is 0. The Hall–Kier alpha value is -1.03. The van der Waals surface area contributed by atoms with E-state index in [0.29, 0.717) is 6.54 Å². The number of methoxy groups -OCH3 is 1. The highest BCUT2D eigenvalue weighted by atomic mass is 16.5. The second-order valence-corrected chi connectivity index (χ2v) is 4.43. The molecule has 0 aromatic carbocycles. The molecule has 0 unspecified atom stereocenters. The second kappa shape index (κ2) is 3.52. The van der Waals surface area contributed by atoms with E-state index >= 15 is 0 Å². The van der Waals surface area contributed by atoms with E-state index in [-0.39, 0.29) is 5.41 Å². The summed E-state index contributed by atoms with van der Waals surface area (Å²) in [5.41, 5.74) is 8.32. The molecule has 1 aliphatic carbocycles. The predicted octanol–water partition coefficient (Wildman–Crippen LogP) is 1.12. The zero-order valence-corrected chi connectivity index (χ0v) is 9.71. The van der Waals surface area contributed by atoms with Crippen LogP contribution in [0.15, 0.2) is 0 Å². The predicted molar refractivity (Wildman–Crippen MR) is 59.1 cm³/mol. The summed E-state index contributed by atoms with van der Waals surface area (Å²) in [5, 5.41) is 4.41. The molecule has 0 spiro atoms. The molecule has 0 aliphatic heterocycles. The maximum Gasteiger partial charge on any atom is 0.215 e. The van der Waals surface area contributed by atoms with Crippen LogP contribution in [0.25, 0.3) is 0 Å². The minimum Gasteiger partial charge on any atom is -0.481 e. The first-order valence-corrected chi connectivity index (χ1v) is 5.43. The quantitative estimate of drug-likeness (QED) is 0.811. The third-order valence-corrected chi connectivity index (χ3v) is 3.59. The lowest BCUT2D eigenvalue weighted by Crippen LogP contribution is -2.42. The lowest BCUT2D eigenvalue weighted by Gasteiger charge is -2.41. The van der Waals surface area contributed by atoms with Gasteiger partial charge >= 0.3 is 0 Å². The molecule has 1 aromatic rings. The van der Waals surface area contributed by atoms with Gasteiger partial charge in [-0.3, -0.25) is 0 Å². The van der Waals surface area contributed by atoms with Crippen LogP contribution in [0.2, 0.25) is 0 Å². The largest absolute Gasteiger partial charge is 0.481 e. The average Bonchev–Trinajstić information content (AvgIpc) is 2.41. The molecule has 0 saturated heterocycles. The summed E-state index contributed by atoms with van der Waals surface area (Å²) in [6.45, 7) is 2.73. The fourth-order valence-corrected chi connectivity index (χ4v) is 2.64. The van der Waals surface area contributed by atoms with Crippen LogP contribution in [-0.2, 0) is 12.5 Å². The molecule has 0 atom stereocenters. The summed E-state index contributed by atoms with van der Waals surface area (Å²) < 4.78 is 7.23. The number of nitrogens with zero attached hydrogens (tertiary/aromatic N) is 2. The van der Waals surface area contributed by atoms with Gasteiger partial charge < -0.3 is 10.5 Å². The molecule has 1 saturated carbocycles. The summed E-state index contributed by atoms with van der Waals surface area (Å²) in [5.74, 6) is 0.873. The van der Waals surface area contributed by atoms with Crippen LogP contribution in [-0.4, -0.2) is 23.4 Å². The summed E-state index contributed by atoms with van der Waals surface area (Å²) in [6, 6.07) is 0. The van der Waals surface area contributed by atoms with Gasteiger partial charge in [0.05, 0.1) is 12.8 Å². The number of aryl methyl sites for hydroxylation is 2. The van der Waals surface area contributed by atoms with E-state index in [0.717, 1.165) is 24.4 Å². The minimum absolute atomic E-state index is 0.129. The molecule has 0 radical (unpaired) electrons. The van der Waals surface area contributed by atoms with Crippen LogP contribution < -0.4 is 10.5 Å². The zero-order valence-electron chi connectivity index (χ0n) is 9.71. The van der Waals surface area contributed by atoms with E-state index in [1.165, 1.54) is 12.0 Å². The molecular weight excluding hydrogens is 190 g/mol. The highest BCUT2D eigenvalue weighted by Crippen LogP contribution is 2.47. The lowest BCUT2D eigenvalue weighted by atomic mass is 9.64. The van der Waals surface area contributed by atoms with Crippen LogP contribution in [0.4, 0.5) is 0 Å². The van der Waals surface area contributed by atoms with Crippen molar-refractivity contribution in [1.29, 1.82) is 0 Å².